The first kappa shape index (κ1) is 17.9. The van der Waals surface area contributed by atoms with E-state index in [-0.39, 0.29) is 5.69 Å². The third-order valence-corrected chi connectivity index (χ3v) is 5.39. The van der Waals surface area contributed by atoms with Crippen molar-refractivity contribution in [3.05, 3.63) is 53.5 Å². The van der Waals surface area contributed by atoms with E-state index in [1.54, 1.807) is 13.0 Å². The summed E-state index contributed by atoms with van der Waals surface area (Å²) in [5, 5.41) is 0.490. The van der Waals surface area contributed by atoms with E-state index < -0.39 is 11.7 Å². The lowest BCUT2D eigenvalue weighted by Gasteiger charge is -2.21. The van der Waals surface area contributed by atoms with Gasteiger partial charge in [-0.2, -0.15) is 4.83 Å². The lowest BCUT2D eigenvalue weighted by molar-refractivity contribution is 0.0937. The van der Waals surface area contributed by atoms with Crippen molar-refractivity contribution >= 4 is 17.9 Å². The van der Waals surface area contributed by atoms with Crippen LogP contribution in [0.25, 0.3) is 11.3 Å². The van der Waals surface area contributed by atoms with Crippen molar-refractivity contribution in [2.24, 2.45) is 0 Å². The maximum atomic E-state index is 14.4. The van der Waals surface area contributed by atoms with Crippen molar-refractivity contribution in [3.8, 4) is 11.3 Å². The second-order valence-corrected chi connectivity index (χ2v) is 7.39. The highest BCUT2D eigenvalue weighted by atomic mass is 32.2. The second-order valence-electron chi connectivity index (χ2n) is 6.29. The van der Waals surface area contributed by atoms with Gasteiger partial charge in [0.25, 0.3) is 5.91 Å². The first-order valence-corrected chi connectivity index (χ1v) is 9.46. The molecule has 0 saturated heterocycles. The molecule has 0 aliphatic heterocycles. The van der Waals surface area contributed by atoms with Crippen LogP contribution in [0.4, 0.5) is 4.39 Å². The third-order valence-electron chi connectivity index (χ3n) is 4.37. The number of nitrogens with one attached hydrogen (secondary N) is 2. The summed E-state index contributed by atoms with van der Waals surface area (Å²) in [6, 6.07) is 11.1. The van der Waals surface area contributed by atoms with Crippen LogP contribution in [0.1, 0.15) is 48.2 Å². The van der Waals surface area contributed by atoms with Crippen LogP contribution in [0, 0.1) is 12.7 Å². The second kappa shape index (κ2) is 8.45. The predicted octanol–water partition coefficient (Wildman–Crippen LogP) is 4.41. The maximum Gasteiger partial charge on any atom is 0.287 e. The maximum absolute atomic E-state index is 14.4. The molecule has 1 aliphatic carbocycles. The van der Waals surface area contributed by atoms with Gasteiger partial charge in [0.1, 0.15) is 0 Å². The summed E-state index contributed by atoms with van der Waals surface area (Å²) in [6.45, 7) is 1.64. The number of amides is 1. The number of halogens is 1. The molecule has 0 spiro atoms. The van der Waals surface area contributed by atoms with E-state index in [9.17, 15) is 9.18 Å². The summed E-state index contributed by atoms with van der Waals surface area (Å²) < 4.78 is 14.4. The number of carbonyl (C=O) groups is 1. The van der Waals surface area contributed by atoms with Gasteiger partial charge in [-0.15, -0.1) is 0 Å². The number of pyridine rings is 1. The largest absolute Gasteiger partial charge is 0.287 e. The molecule has 2 aromatic rings. The molecule has 1 saturated carbocycles. The molecule has 132 valence electrons. The lowest BCUT2D eigenvalue weighted by Crippen LogP contribution is -2.35. The zero-order valence-electron chi connectivity index (χ0n) is 14.2. The third kappa shape index (κ3) is 4.58. The molecule has 25 heavy (non-hydrogen) atoms. The molecule has 0 atom stereocenters. The minimum atomic E-state index is -0.582. The van der Waals surface area contributed by atoms with Crippen molar-refractivity contribution in [2.75, 3.05) is 0 Å². The fourth-order valence-electron chi connectivity index (χ4n) is 2.97. The Morgan fingerprint density at radius 2 is 1.92 bits per heavy atom. The van der Waals surface area contributed by atoms with Gasteiger partial charge in [-0.25, -0.2) is 9.37 Å². The number of aromatic nitrogens is 1. The molecule has 4 nitrogen and oxygen atoms in total. The molecule has 1 aromatic carbocycles. The Bertz CT molecular complexity index is 733. The highest BCUT2D eigenvalue weighted by Gasteiger charge is 2.19. The molecule has 3 rings (SSSR count). The fraction of sp³-hybridized carbons (Fsp3) is 0.368. The number of hydrogen-bond acceptors (Lipinski definition) is 4. The van der Waals surface area contributed by atoms with Crippen molar-refractivity contribution in [3.63, 3.8) is 0 Å². The van der Waals surface area contributed by atoms with Gasteiger partial charge in [0.05, 0.1) is 5.69 Å². The number of hydrogen-bond donors (Lipinski definition) is 2. The minimum absolute atomic E-state index is 0.185. The smallest absolute Gasteiger partial charge is 0.276 e. The highest BCUT2D eigenvalue weighted by molar-refractivity contribution is 7.98. The van der Waals surface area contributed by atoms with Crippen molar-refractivity contribution in [2.45, 2.75) is 44.3 Å². The van der Waals surface area contributed by atoms with E-state index in [0.717, 1.165) is 18.4 Å². The van der Waals surface area contributed by atoms with E-state index >= 15 is 0 Å². The average molecular weight is 359 g/mol. The summed E-state index contributed by atoms with van der Waals surface area (Å²) in [5.74, 6) is -1.14. The quantitative estimate of drug-likeness (QED) is 0.613. The Morgan fingerprint density at radius 3 is 2.64 bits per heavy atom. The first-order valence-electron chi connectivity index (χ1n) is 8.58. The highest BCUT2D eigenvalue weighted by Crippen LogP contribution is 2.26. The van der Waals surface area contributed by atoms with Crippen molar-refractivity contribution in [1.82, 2.24) is 15.2 Å². The van der Waals surface area contributed by atoms with E-state index in [1.807, 2.05) is 30.3 Å². The van der Waals surface area contributed by atoms with Gasteiger partial charge in [0.2, 0.25) is 0 Å². The first-order chi connectivity index (χ1) is 12.1. The van der Waals surface area contributed by atoms with Gasteiger partial charge >= 0.3 is 0 Å². The van der Waals surface area contributed by atoms with Gasteiger partial charge in [-0.05, 0) is 31.4 Å². The van der Waals surface area contributed by atoms with Crippen LogP contribution in [0.3, 0.4) is 0 Å². The molecule has 1 amide bonds. The zero-order chi connectivity index (χ0) is 17.6. The summed E-state index contributed by atoms with van der Waals surface area (Å²) >= 11 is 1.50. The van der Waals surface area contributed by atoms with Gasteiger partial charge in [0.15, 0.2) is 11.5 Å². The van der Waals surface area contributed by atoms with Crippen LogP contribution in [0.2, 0.25) is 0 Å². The van der Waals surface area contributed by atoms with Gasteiger partial charge in [0, 0.05) is 10.8 Å². The standard InChI is InChI=1S/C19H22FN3OS/c1-13-12-16(14-8-4-2-5-9-14)21-18(17(13)20)19(24)22-23-25-15-10-6-3-7-11-15/h2,4-5,8-9,12,15,23H,3,6-7,10-11H2,1H3,(H,22,24). The van der Waals surface area contributed by atoms with Crippen LogP contribution >= 0.6 is 11.9 Å². The molecule has 1 aromatic heterocycles. The topological polar surface area (TPSA) is 54.0 Å². The molecule has 1 aliphatic rings. The van der Waals surface area contributed by atoms with Crippen molar-refractivity contribution < 1.29 is 9.18 Å². The van der Waals surface area contributed by atoms with Crippen LogP contribution in [0.5, 0.6) is 0 Å². The number of rotatable bonds is 5. The SMILES string of the molecule is Cc1cc(-c2ccccc2)nc(C(=O)NNSC2CCCCC2)c1F. The number of carbonyl (C=O) groups excluding carboxylic acids is 1. The van der Waals surface area contributed by atoms with Gasteiger partial charge < -0.3 is 0 Å². The average Bonchev–Trinajstić information content (AvgIpc) is 2.65. The van der Waals surface area contributed by atoms with Crippen LogP contribution < -0.4 is 10.3 Å². The summed E-state index contributed by atoms with van der Waals surface area (Å²) in [6.07, 6.45) is 6.01. The monoisotopic (exact) mass is 359 g/mol. The van der Waals surface area contributed by atoms with Crippen LogP contribution in [0.15, 0.2) is 36.4 Å². The summed E-state index contributed by atoms with van der Waals surface area (Å²) in [5.41, 5.74) is 4.22. The Labute approximate surface area is 151 Å². The number of benzene rings is 1. The molecule has 1 fully saturated rings. The van der Waals surface area contributed by atoms with E-state index in [1.165, 1.54) is 31.2 Å². The normalized spacial score (nSPS) is 15.1. The number of hydrazine groups is 1. The molecule has 1 heterocycles. The molecule has 0 radical (unpaired) electrons. The summed E-state index contributed by atoms with van der Waals surface area (Å²) in [4.78, 5) is 19.5. The molecular weight excluding hydrogens is 337 g/mol. The molecular formula is C19H22FN3OS. The van der Waals surface area contributed by atoms with Crippen LogP contribution in [-0.4, -0.2) is 16.1 Å². The zero-order valence-corrected chi connectivity index (χ0v) is 15.0. The Hall–Kier alpha value is -1.92. The fourth-order valence-corrected chi connectivity index (χ4v) is 3.85. The number of nitrogens with zero attached hydrogens (tertiary/aromatic N) is 1. The van der Waals surface area contributed by atoms with E-state index in [4.69, 9.17) is 0 Å². The molecule has 2 N–H and O–H groups in total. The number of aryl methyl sites for hydroxylation is 1. The summed E-state index contributed by atoms with van der Waals surface area (Å²) in [7, 11) is 0. The molecule has 6 heteroatoms. The van der Waals surface area contributed by atoms with E-state index in [0.29, 0.717) is 16.5 Å². The van der Waals surface area contributed by atoms with E-state index in [2.05, 4.69) is 15.2 Å². The molecule has 0 bridgehead atoms. The van der Waals surface area contributed by atoms with Crippen LogP contribution in [-0.2, 0) is 0 Å². The predicted molar refractivity (Wildman–Crippen MR) is 99.4 cm³/mol. The van der Waals surface area contributed by atoms with Gasteiger partial charge in [-0.1, -0.05) is 61.5 Å². The van der Waals surface area contributed by atoms with Gasteiger partial charge in [-0.3, -0.25) is 10.2 Å². The Balaban J connectivity index is 1.69. The Kier molecular flexibility index (Phi) is 6.04. The lowest BCUT2D eigenvalue weighted by atomic mass is 10.0. The Morgan fingerprint density at radius 1 is 1.20 bits per heavy atom. The van der Waals surface area contributed by atoms with Crippen molar-refractivity contribution in [1.29, 1.82) is 0 Å². The minimum Gasteiger partial charge on any atom is -0.276 e. The molecule has 0 unspecified atom stereocenters.